The smallest absolute Gasteiger partial charge is 0.269 e. The lowest BCUT2D eigenvalue weighted by Gasteiger charge is -2.07. The molecule has 0 spiro atoms. The monoisotopic (exact) mass is 399 g/mol. The Hall–Kier alpha value is -3.12. The molecule has 0 saturated heterocycles. The van der Waals surface area contributed by atoms with Crippen molar-refractivity contribution in [3.8, 4) is 0 Å². The number of carbonyl (C=O) groups is 3. The van der Waals surface area contributed by atoms with Crippen LogP contribution in [0.25, 0.3) is 6.08 Å². The van der Waals surface area contributed by atoms with Crippen LogP contribution in [-0.4, -0.2) is 17.7 Å². The molecule has 3 amide bonds. The van der Waals surface area contributed by atoms with Gasteiger partial charge >= 0.3 is 0 Å². The lowest BCUT2D eigenvalue weighted by atomic mass is 10.2. The Morgan fingerprint density at radius 1 is 0.964 bits per heavy atom. The average molecular weight is 400 g/mol. The van der Waals surface area contributed by atoms with E-state index in [4.69, 9.17) is 11.6 Å². The third-order valence-corrected chi connectivity index (χ3v) is 4.04. The maximum atomic E-state index is 12.1. The Morgan fingerprint density at radius 3 is 2.29 bits per heavy atom. The molecular formula is C21H22ClN3O3. The van der Waals surface area contributed by atoms with Gasteiger partial charge in [0.2, 0.25) is 5.91 Å². The topological polar surface area (TPSA) is 87.3 Å². The molecule has 146 valence electrons. The van der Waals surface area contributed by atoms with Gasteiger partial charge in [0.1, 0.15) is 0 Å². The van der Waals surface area contributed by atoms with Crippen LogP contribution < -0.4 is 16.2 Å². The van der Waals surface area contributed by atoms with Crippen molar-refractivity contribution < 1.29 is 14.4 Å². The second-order valence-corrected chi connectivity index (χ2v) is 6.49. The minimum Gasteiger partial charge on any atom is -0.326 e. The summed E-state index contributed by atoms with van der Waals surface area (Å²) >= 11 is 5.80. The summed E-state index contributed by atoms with van der Waals surface area (Å²) in [4.78, 5) is 35.6. The van der Waals surface area contributed by atoms with Gasteiger partial charge in [-0.2, -0.15) is 0 Å². The van der Waals surface area contributed by atoms with Gasteiger partial charge in [0, 0.05) is 28.8 Å². The van der Waals surface area contributed by atoms with Crippen LogP contribution in [0.5, 0.6) is 0 Å². The van der Waals surface area contributed by atoms with Gasteiger partial charge in [0.25, 0.3) is 11.8 Å². The van der Waals surface area contributed by atoms with Gasteiger partial charge in [-0.3, -0.25) is 25.2 Å². The van der Waals surface area contributed by atoms with Crippen LogP contribution in [0.2, 0.25) is 5.02 Å². The van der Waals surface area contributed by atoms with Crippen LogP contribution in [-0.2, 0) is 9.59 Å². The van der Waals surface area contributed by atoms with Crippen LogP contribution in [0.1, 0.15) is 42.1 Å². The minimum absolute atomic E-state index is 0.0567. The van der Waals surface area contributed by atoms with E-state index in [0.717, 1.165) is 18.4 Å². The van der Waals surface area contributed by atoms with Crippen molar-refractivity contribution in [1.82, 2.24) is 10.9 Å². The standard InChI is InChI=1S/C21H22ClN3O3/c1-2-3-4-19(26)23-18-12-8-16(9-13-18)21(28)25-24-20(27)14-7-15-5-10-17(22)11-6-15/h5-14H,2-4H2,1H3,(H,23,26)(H,24,27)(H,25,28)/b14-7+. The normalized spacial score (nSPS) is 10.5. The number of hydrazine groups is 1. The number of nitrogens with one attached hydrogen (secondary N) is 3. The molecule has 0 aliphatic heterocycles. The molecule has 2 aromatic rings. The second kappa shape index (κ2) is 10.9. The quantitative estimate of drug-likeness (QED) is 0.486. The van der Waals surface area contributed by atoms with E-state index in [1.807, 2.05) is 6.92 Å². The highest BCUT2D eigenvalue weighted by Gasteiger charge is 2.07. The molecule has 2 aromatic carbocycles. The molecule has 0 heterocycles. The number of unbranched alkanes of at least 4 members (excludes halogenated alkanes) is 1. The first-order valence-corrected chi connectivity index (χ1v) is 9.29. The number of halogens is 1. The number of hydrogen-bond acceptors (Lipinski definition) is 3. The average Bonchev–Trinajstić information content (AvgIpc) is 2.70. The number of amides is 3. The first kappa shape index (κ1) is 21.2. The highest BCUT2D eigenvalue weighted by Crippen LogP contribution is 2.11. The van der Waals surface area contributed by atoms with E-state index in [1.54, 1.807) is 54.6 Å². The maximum absolute atomic E-state index is 12.1. The van der Waals surface area contributed by atoms with Crippen molar-refractivity contribution in [1.29, 1.82) is 0 Å². The van der Waals surface area contributed by atoms with Crippen molar-refractivity contribution in [3.63, 3.8) is 0 Å². The van der Waals surface area contributed by atoms with Gasteiger partial charge in [0.15, 0.2) is 0 Å². The molecule has 0 radical (unpaired) electrons. The van der Waals surface area contributed by atoms with Crippen LogP contribution in [0, 0.1) is 0 Å². The molecule has 7 heteroatoms. The van der Waals surface area contributed by atoms with E-state index in [1.165, 1.54) is 6.08 Å². The molecule has 0 unspecified atom stereocenters. The fraction of sp³-hybridized carbons (Fsp3) is 0.190. The van der Waals surface area contributed by atoms with Gasteiger partial charge in [-0.25, -0.2) is 0 Å². The highest BCUT2D eigenvalue weighted by molar-refractivity contribution is 6.30. The summed E-state index contributed by atoms with van der Waals surface area (Å²) in [6, 6.07) is 13.4. The lowest BCUT2D eigenvalue weighted by molar-refractivity contribution is -0.117. The van der Waals surface area contributed by atoms with Gasteiger partial charge in [-0.05, 0) is 54.5 Å². The van der Waals surface area contributed by atoms with Gasteiger partial charge in [-0.15, -0.1) is 0 Å². The van der Waals surface area contributed by atoms with Gasteiger partial charge in [-0.1, -0.05) is 37.1 Å². The van der Waals surface area contributed by atoms with Crippen molar-refractivity contribution in [2.24, 2.45) is 0 Å². The fourth-order valence-electron chi connectivity index (χ4n) is 2.24. The number of benzene rings is 2. The molecule has 0 atom stereocenters. The predicted octanol–water partition coefficient (Wildman–Crippen LogP) is 3.94. The van der Waals surface area contributed by atoms with Crippen LogP contribution in [0.4, 0.5) is 5.69 Å². The van der Waals surface area contributed by atoms with E-state index in [9.17, 15) is 14.4 Å². The lowest BCUT2D eigenvalue weighted by Crippen LogP contribution is -2.40. The summed E-state index contributed by atoms with van der Waals surface area (Å²) in [5.74, 6) is -0.987. The SMILES string of the molecule is CCCCC(=O)Nc1ccc(C(=O)NNC(=O)/C=C/c2ccc(Cl)cc2)cc1. The zero-order valence-corrected chi connectivity index (χ0v) is 16.3. The molecule has 2 rings (SSSR count). The number of hydrogen-bond donors (Lipinski definition) is 3. The first-order valence-electron chi connectivity index (χ1n) is 8.92. The van der Waals surface area contributed by atoms with Crippen molar-refractivity contribution in [2.45, 2.75) is 26.2 Å². The molecule has 6 nitrogen and oxygen atoms in total. The van der Waals surface area contributed by atoms with Crippen molar-refractivity contribution >= 4 is 41.1 Å². The Morgan fingerprint density at radius 2 is 1.64 bits per heavy atom. The fourth-order valence-corrected chi connectivity index (χ4v) is 2.37. The molecule has 0 fully saturated rings. The van der Waals surface area contributed by atoms with Gasteiger partial charge in [0.05, 0.1) is 0 Å². The summed E-state index contributed by atoms with van der Waals surface area (Å²) in [6.45, 7) is 2.02. The molecule has 3 N–H and O–H groups in total. The van der Waals surface area contributed by atoms with Crippen LogP contribution in [0.15, 0.2) is 54.6 Å². The van der Waals surface area contributed by atoms with E-state index in [2.05, 4.69) is 16.2 Å². The van der Waals surface area contributed by atoms with E-state index < -0.39 is 11.8 Å². The molecule has 28 heavy (non-hydrogen) atoms. The summed E-state index contributed by atoms with van der Waals surface area (Å²) < 4.78 is 0. The first-order chi connectivity index (χ1) is 13.5. The Kier molecular flexibility index (Phi) is 8.24. The molecule has 0 saturated carbocycles. The van der Waals surface area contributed by atoms with Crippen LogP contribution >= 0.6 is 11.6 Å². The van der Waals surface area contributed by atoms with Crippen molar-refractivity contribution in [3.05, 3.63) is 70.8 Å². The summed E-state index contributed by atoms with van der Waals surface area (Å²) in [5.41, 5.74) is 6.43. The van der Waals surface area contributed by atoms with Crippen molar-refractivity contribution in [2.75, 3.05) is 5.32 Å². The third-order valence-electron chi connectivity index (χ3n) is 3.78. The Balaban J connectivity index is 1.81. The summed E-state index contributed by atoms with van der Waals surface area (Å²) in [6.07, 6.45) is 5.16. The number of anilines is 1. The molecule has 0 aromatic heterocycles. The maximum Gasteiger partial charge on any atom is 0.269 e. The Labute approximate surface area is 168 Å². The summed E-state index contributed by atoms with van der Waals surface area (Å²) in [5, 5.41) is 3.38. The molecular weight excluding hydrogens is 378 g/mol. The number of carbonyl (C=O) groups excluding carboxylic acids is 3. The second-order valence-electron chi connectivity index (χ2n) is 6.06. The minimum atomic E-state index is -0.469. The Bertz CT molecular complexity index is 846. The van der Waals surface area contributed by atoms with E-state index in [-0.39, 0.29) is 5.91 Å². The summed E-state index contributed by atoms with van der Waals surface area (Å²) in [7, 11) is 0. The molecule has 0 aliphatic carbocycles. The van der Waals surface area contributed by atoms with E-state index >= 15 is 0 Å². The zero-order chi connectivity index (χ0) is 20.4. The largest absolute Gasteiger partial charge is 0.326 e. The third kappa shape index (κ3) is 7.25. The zero-order valence-electron chi connectivity index (χ0n) is 15.5. The van der Waals surface area contributed by atoms with E-state index in [0.29, 0.717) is 22.7 Å². The molecule has 0 aliphatic rings. The predicted molar refractivity (Wildman–Crippen MR) is 111 cm³/mol. The van der Waals surface area contributed by atoms with Gasteiger partial charge < -0.3 is 5.32 Å². The molecule has 0 bridgehead atoms. The highest BCUT2D eigenvalue weighted by atomic mass is 35.5. The van der Waals surface area contributed by atoms with Crippen LogP contribution in [0.3, 0.4) is 0 Å². The number of rotatable bonds is 7.